The highest BCUT2D eigenvalue weighted by molar-refractivity contribution is 5.96. The van der Waals surface area contributed by atoms with Crippen LogP contribution in [0, 0.1) is 11.8 Å². The van der Waals surface area contributed by atoms with Crippen LogP contribution in [0.2, 0.25) is 0 Å². The molecule has 0 saturated carbocycles. The zero-order valence-corrected chi connectivity index (χ0v) is 41.9. The molecule has 6 aliphatic rings. The van der Waals surface area contributed by atoms with Crippen LogP contribution < -0.4 is 21.3 Å². The van der Waals surface area contributed by atoms with Crippen LogP contribution in [-0.2, 0) is 19.1 Å². The maximum Gasteiger partial charge on any atom is 0.251 e. The van der Waals surface area contributed by atoms with E-state index in [1.54, 1.807) is 0 Å². The van der Waals surface area contributed by atoms with Crippen molar-refractivity contribution in [2.24, 2.45) is 11.8 Å². The summed E-state index contributed by atoms with van der Waals surface area (Å²) in [6.07, 6.45) is 4.95. The molecule has 6 atom stereocenters. The molecule has 6 aromatic carbocycles. The van der Waals surface area contributed by atoms with Gasteiger partial charge in [0.15, 0.2) is 0 Å². The minimum atomic E-state index is -0.606. The van der Waals surface area contributed by atoms with Crippen LogP contribution in [0.15, 0.2) is 170 Å². The molecule has 0 radical (unpaired) electrons. The number of para-hydroxylation sites is 2. The molecule has 4 fully saturated rings. The highest BCUT2D eigenvalue weighted by Gasteiger charge is 2.50. The molecule has 12 rings (SSSR count). The largest absolute Gasteiger partial charge is 0.381 e. The van der Waals surface area contributed by atoms with Crippen molar-refractivity contribution in [1.82, 2.24) is 20.4 Å². The van der Waals surface area contributed by atoms with E-state index in [-0.39, 0.29) is 72.5 Å². The number of rotatable bonds is 10. The highest BCUT2D eigenvalue weighted by atomic mass is 16.5. The number of benzene rings is 6. The molecule has 6 aromatic rings. The van der Waals surface area contributed by atoms with Crippen LogP contribution in [0.3, 0.4) is 0 Å². The lowest BCUT2D eigenvalue weighted by atomic mass is 9.79. The monoisotopic (exact) mass is 991 g/mol. The summed E-state index contributed by atoms with van der Waals surface area (Å²) in [6.45, 7) is 3.59. The fraction of sp³-hybridized carbons (Fsp3) is 0.355. The average molecular weight is 991 g/mol. The fourth-order valence-electron chi connectivity index (χ4n) is 12.8. The van der Waals surface area contributed by atoms with Gasteiger partial charge in [-0.2, -0.15) is 0 Å². The zero-order valence-electron chi connectivity index (χ0n) is 41.9. The normalized spacial score (nSPS) is 23.9. The van der Waals surface area contributed by atoms with Crippen LogP contribution in [0.5, 0.6) is 0 Å². The number of fused-ring (bicyclic) bond motifs is 6. The first-order valence-corrected chi connectivity index (χ1v) is 26.6. The number of ether oxygens (including phenoxy) is 2. The van der Waals surface area contributed by atoms with Crippen molar-refractivity contribution < 1.29 is 28.7 Å². The fourth-order valence-corrected chi connectivity index (χ4v) is 12.8. The summed E-state index contributed by atoms with van der Waals surface area (Å²) < 4.78 is 11.3. The molecule has 0 spiro atoms. The van der Waals surface area contributed by atoms with Gasteiger partial charge in [0.2, 0.25) is 11.8 Å². The number of hydrogen-bond acceptors (Lipinski definition) is 8. The summed E-state index contributed by atoms with van der Waals surface area (Å²) in [4.78, 5) is 58.5. The number of likely N-dealkylation sites (tertiary alicyclic amines) is 2. The van der Waals surface area contributed by atoms with Crippen LogP contribution >= 0.6 is 0 Å². The molecule has 4 saturated heterocycles. The quantitative estimate of drug-likeness (QED) is 0.106. The summed E-state index contributed by atoms with van der Waals surface area (Å²) in [5.74, 6) is 0.506. The molecule has 6 heterocycles. The molecule has 12 nitrogen and oxygen atoms in total. The summed E-state index contributed by atoms with van der Waals surface area (Å²) in [7, 11) is 0. The molecule has 0 unspecified atom stereocenters. The van der Waals surface area contributed by atoms with Gasteiger partial charge in [-0.3, -0.25) is 19.2 Å². The van der Waals surface area contributed by atoms with E-state index in [4.69, 9.17) is 9.47 Å². The average Bonchev–Trinajstić information content (AvgIpc) is 4.12. The van der Waals surface area contributed by atoms with Gasteiger partial charge in [0, 0.05) is 73.9 Å². The first kappa shape index (κ1) is 49.0. The number of amides is 4. The summed E-state index contributed by atoms with van der Waals surface area (Å²) >= 11 is 0. The van der Waals surface area contributed by atoms with Gasteiger partial charge in [0.25, 0.3) is 11.8 Å². The minimum Gasteiger partial charge on any atom is -0.381 e. The van der Waals surface area contributed by atoms with Crippen molar-refractivity contribution in [2.75, 3.05) is 50.2 Å². The van der Waals surface area contributed by atoms with E-state index in [2.05, 4.69) is 116 Å². The third kappa shape index (κ3) is 10.2. The summed E-state index contributed by atoms with van der Waals surface area (Å²) in [5, 5.41) is 14.0. The predicted molar refractivity (Wildman–Crippen MR) is 286 cm³/mol. The highest BCUT2D eigenvalue weighted by Crippen LogP contribution is 2.53. The van der Waals surface area contributed by atoms with Crippen molar-refractivity contribution in [2.45, 2.75) is 86.6 Å². The molecule has 0 aliphatic carbocycles. The Kier molecular flexibility index (Phi) is 14.3. The molecule has 12 heteroatoms. The summed E-state index contributed by atoms with van der Waals surface area (Å²) in [5.41, 5.74) is 7.05. The Hall–Kier alpha value is -7.28. The van der Waals surface area contributed by atoms with E-state index in [0.29, 0.717) is 76.3 Å². The number of nitrogens with one attached hydrogen (secondary N) is 4. The molecular formula is C62H66N6O6. The van der Waals surface area contributed by atoms with E-state index in [0.717, 1.165) is 24.2 Å². The SMILES string of the molecule is O=C(NC1(CC(=O)N2CC[C@@H]3[C@H](c4ccccc4)Nc4ccccc4[C@@H]32)CCOCC1)c1ccccc1.O=C(NC1(CC(=O)N2CC[C@H]3[C@@H](c4ccccc4)Nc4ccccc4[C@H]32)CCOCC1)c1ccccc1. The summed E-state index contributed by atoms with van der Waals surface area (Å²) in [6, 6.07) is 56.6. The predicted octanol–water partition coefficient (Wildman–Crippen LogP) is 10.2. The lowest BCUT2D eigenvalue weighted by Gasteiger charge is -2.42. The Bertz CT molecular complexity index is 2710. The number of hydrogen-bond donors (Lipinski definition) is 4. The lowest BCUT2D eigenvalue weighted by Crippen LogP contribution is -2.54. The van der Waals surface area contributed by atoms with Gasteiger partial charge < -0.3 is 40.5 Å². The first-order valence-electron chi connectivity index (χ1n) is 26.6. The van der Waals surface area contributed by atoms with Crippen LogP contribution in [0.25, 0.3) is 0 Å². The second-order valence-corrected chi connectivity index (χ2v) is 21.0. The molecule has 4 N–H and O–H groups in total. The van der Waals surface area contributed by atoms with Gasteiger partial charge in [-0.1, -0.05) is 133 Å². The van der Waals surface area contributed by atoms with Gasteiger partial charge in [-0.25, -0.2) is 0 Å². The third-order valence-corrected chi connectivity index (χ3v) is 16.6. The Morgan fingerprint density at radius 1 is 0.459 bits per heavy atom. The number of carbonyl (C=O) groups excluding carboxylic acids is 4. The first-order chi connectivity index (χ1) is 36.3. The van der Waals surface area contributed by atoms with E-state index >= 15 is 0 Å². The Balaban J connectivity index is 0.000000159. The van der Waals surface area contributed by atoms with Crippen LogP contribution in [0.1, 0.15) is 119 Å². The van der Waals surface area contributed by atoms with E-state index in [9.17, 15) is 19.2 Å². The van der Waals surface area contributed by atoms with E-state index in [1.807, 2.05) is 84.9 Å². The van der Waals surface area contributed by atoms with Crippen molar-refractivity contribution in [3.8, 4) is 0 Å². The Morgan fingerprint density at radius 2 is 0.797 bits per heavy atom. The van der Waals surface area contributed by atoms with Crippen molar-refractivity contribution in [3.63, 3.8) is 0 Å². The molecule has 4 amide bonds. The molecule has 380 valence electrons. The zero-order chi connectivity index (χ0) is 50.5. The minimum absolute atomic E-state index is 0.0110. The smallest absolute Gasteiger partial charge is 0.251 e. The molecule has 0 aromatic heterocycles. The van der Waals surface area contributed by atoms with Gasteiger partial charge in [0.05, 0.1) is 48.1 Å². The Labute approximate surface area is 434 Å². The number of nitrogens with zero attached hydrogens (tertiary/aromatic N) is 2. The van der Waals surface area contributed by atoms with E-state index in [1.165, 1.54) is 22.3 Å². The van der Waals surface area contributed by atoms with Gasteiger partial charge in [-0.05, 0) is 97.2 Å². The Morgan fingerprint density at radius 3 is 1.18 bits per heavy atom. The molecular weight excluding hydrogens is 925 g/mol. The second-order valence-electron chi connectivity index (χ2n) is 21.0. The topological polar surface area (TPSA) is 141 Å². The van der Waals surface area contributed by atoms with E-state index < -0.39 is 11.1 Å². The molecule has 74 heavy (non-hydrogen) atoms. The third-order valence-electron chi connectivity index (χ3n) is 16.6. The lowest BCUT2D eigenvalue weighted by molar-refractivity contribution is -0.136. The number of carbonyl (C=O) groups is 4. The van der Waals surface area contributed by atoms with Gasteiger partial charge >= 0.3 is 0 Å². The number of anilines is 2. The molecule has 0 bridgehead atoms. The van der Waals surface area contributed by atoms with Crippen LogP contribution in [0.4, 0.5) is 11.4 Å². The van der Waals surface area contributed by atoms with Gasteiger partial charge in [0.1, 0.15) is 0 Å². The maximum atomic E-state index is 14.1. The van der Waals surface area contributed by atoms with Gasteiger partial charge in [-0.15, -0.1) is 0 Å². The maximum absolute atomic E-state index is 14.1. The van der Waals surface area contributed by atoms with Crippen molar-refractivity contribution in [3.05, 3.63) is 203 Å². The molecule has 6 aliphatic heterocycles. The standard InChI is InChI=1S/2C31H33N3O3/c2*35-27(21-31(16-19-37-20-17-31)33-30(36)23-11-5-2-6-12-23)34-18-15-25-28(22-9-3-1-4-10-22)32-26-14-8-7-13-24(26)29(25)34/h2*1-14,25,28-29,32H,15-21H2,(H,33,36)/t2*25-,28+,29+/m10/s1. The van der Waals surface area contributed by atoms with Crippen molar-refractivity contribution >= 4 is 35.0 Å². The van der Waals surface area contributed by atoms with Crippen LogP contribution in [-0.4, -0.2) is 84.0 Å². The van der Waals surface area contributed by atoms with Crippen molar-refractivity contribution in [1.29, 1.82) is 0 Å². The second kappa shape index (κ2) is 21.7.